The molecule has 0 bridgehead atoms. The fraction of sp³-hybridized carbons (Fsp3) is 0.562. The van der Waals surface area contributed by atoms with Crippen LogP contribution in [0.3, 0.4) is 0 Å². The number of piperidine rings is 1. The van der Waals surface area contributed by atoms with Gasteiger partial charge in [0.05, 0.1) is 4.90 Å². The number of nitrogens with zero attached hydrogens (tertiary/aromatic N) is 1. The van der Waals surface area contributed by atoms with E-state index in [4.69, 9.17) is 4.74 Å². The predicted molar refractivity (Wildman–Crippen MR) is 81.7 cm³/mol. The standard InChI is InChI=1S/C16H21NO4S/c1-11-3-5-14(6-4-11)22(19,20)17-8-7-13-9-16(18)21-12(2)15(13)10-17/h3-6,12-13,15H,7-10H2,1-2H3/t12-,13-,15-/m1/s1. The number of rotatable bonds is 2. The van der Waals surface area contributed by atoms with Gasteiger partial charge in [0.25, 0.3) is 0 Å². The topological polar surface area (TPSA) is 63.7 Å². The van der Waals surface area contributed by atoms with E-state index in [1.165, 1.54) is 4.31 Å². The van der Waals surface area contributed by atoms with Gasteiger partial charge in [-0.1, -0.05) is 17.7 Å². The SMILES string of the molecule is Cc1ccc(S(=O)(=O)N2CC[C@@H]3CC(=O)O[C@H](C)[C@H]3C2)cc1. The van der Waals surface area contributed by atoms with Crippen LogP contribution in [0.5, 0.6) is 0 Å². The van der Waals surface area contributed by atoms with Crippen molar-refractivity contribution in [2.24, 2.45) is 11.8 Å². The van der Waals surface area contributed by atoms with Gasteiger partial charge in [-0.25, -0.2) is 8.42 Å². The third-order valence-corrected chi connectivity index (χ3v) is 6.66. The summed E-state index contributed by atoms with van der Waals surface area (Å²) < 4.78 is 32.3. The lowest BCUT2D eigenvalue weighted by Crippen LogP contribution is -2.50. The average molecular weight is 323 g/mol. The zero-order chi connectivity index (χ0) is 15.9. The number of benzene rings is 1. The lowest BCUT2D eigenvalue weighted by Gasteiger charge is -2.42. The largest absolute Gasteiger partial charge is 0.462 e. The van der Waals surface area contributed by atoms with Crippen molar-refractivity contribution in [1.82, 2.24) is 4.31 Å². The summed E-state index contributed by atoms with van der Waals surface area (Å²) in [6.45, 7) is 4.68. The Kier molecular flexibility index (Phi) is 3.99. The Morgan fingerprint density at radius 1 is 1.23 bits per heavy atom. The second-order valence-corrected chi connectivity index (χ2v) is 8.23. The zero-order valence-electron chi connectivity index (χ0n) is 12.9. The molecular formula is C16H21NO4S. The van der Waals surface area contributed by atoms with Crippen molar-refractivity contribution in [2.45, 2.75) is 37.7 Å². The highest BCUT2D eigenvalue weighted by Gasteiger charge is 2.42. The summed E-state index contributed by atoms with van der Waals surface area (Å²) in [5.74, 6) is 0.163. The normalized spacial score (nSPS) is 29.7. The van der Waals surface area contributed by atoms with Gasteiger partial charge >= 0.3 is 5.97 Å². The maximum Gasteiger partial charge on any atom is 0.306 e. The second-order valence-electron chi connectivity index (χ2n) is 6.29. The molecule has 0 unspecified atom stereocenters. The molecule has 1 aromatic rings. The van der Waals surface area contributed by atoms with E-state index in [-0.39, 0.29) is 23.9 Å². The molecule has 3 atom stereocenters. The van der Waals surface area contributed by atoms with Gasteiger partial charge in [-0.05, 0) is 38.3 Å². The summed E-state index contributed by atoms with van der Waals surface area (Å²) in [6, 6.07) is 6.93. The first-order chi connectivity index (χ1) is 10.4. The smallest absolute Gasteiger partial charge is 0.306 e. The fourth-order valence-electron chi connectivity index (χ4n) is 3.42. The highest BCUT2D eigenvalue weighted by atomic mass is 32.2. The minimum Gasteiger partial charge on any atom is -0.462 e. The first-order valence-corrected chi connectivity index (χ1v) is 9.08. The number of hydrogen-bond acceptors (Lipinski definition) is 4. The second kappa shape index (κ2) is 5.66. The van der Waals surface area contributed by atoms with Gasteiger partial charge in [0.2, 0.25) is 10.0 Å². The van der Waals surface area contributed by atoms with Gasteiger partial charge in [-0.15, -0.1) is 0 Å². The number of sulfonamides is 1. The van der Waals surface area contributed by atoms with E-state index in [1.807, 2.05) is 26.0 Å². The van der Waals surface area contributed by atoms with Crippen molar-refractivity contribution in [3.63, 3.8) is 0 Å². The van der Waals surface area contributed by atoms with Gasteiger partial charge in [0.1, 0.15) is 6.10 Å². The Hall–Kier alpha value is -1.40. The highest BCUT2D eigenvalue weighted by molar-refractivity contribution is 7.89. The quantitative estimate of drug-likeness (QED) is 0.781. The van der Waals surface area contributed by atoms with Crippen molar-refractivity contribution in [1.29, 1.82) is 0 Å². The number of aryl methyl sites for hydroxylation is 1. The minimum atomic E-state index is -3.47. The number of esters is 1. The van der Waals surface area contributed by atoms with Crippen LogP contribution in [0.25, 0.3) is 0 Å². The molecule has 6 heteroatoms. The van der Waals surface area contributed by atoms with Gasteiger partial charge < -0.3 is 4.74 Å². The molecule has 2 aliphatic rings. The highest BCUT2D eigenvalue weighted by Crippen LogP contribution is 2.36. The van der Waals surface area contributed by atoms with E-state index in [0.29, 0.717) is 24.4 Å². The van der Waals surface area contributed by atoms with Crippen LogP contribution in [0, 0.1) is 18.8 Å². The summed E-state index contributed by atoms with van der Waals surface area (Å²) in [7, 11) is -3.47. The van der Waals surface area contributed by atoms with Crippen LogP contribution in [0.15, 0.2) is 29.2 Å². The Morgan fingerprint density at radius 2 is 1.91 bits per heavy atom. The maximum absolute atomic E-state index is 12.8. The Morgan fingerprint density at radius 3 is 2.59 bits per heavy atom. The number of cyclic esters (lactones) is 1. The molecule has 2 fully saturated rings. The number of hydrogen-bond donors (Lipinski definition) is 0. The number of carbonyl (C=O) groups is 1. The van der Waals surface area contributed by atoms with E-state index in [2.05, 4.69) is 0 Å². The summed E-state index contributed by atoms with van der Waals surface area (Å²) in [4.78, 5) is 11.8. The molecule has 0 aliphatic carbocycles. The van der Waals surface area contributed by atoms with Gasteiger partial charge in [0.15, 0.2) is 0 Å². The molecule has 0 spiro atoms. The molecule has 0 amide bonds. The maximum atomic E-state index is 12.8. The molecule has 0 saturated carbocycles. The molecule has 3 rings (SSSR count). The lowest BCUT2D eigenvalue weighted by atomic mass is 9.79. The minimum absolute atomic E-state index is 0.0895. The number of carbonyl (C=O) groups excluding carboxylic acids is 1. The average Bonchev–Trinajstić information content (AvgIpc) is 2.47. The van der Waals surface area contributed by atoms with Crippen LogP contribution in [0.4, 0.5) is 0 Å². The van der Waals surface area contributed by atoms with Crippen LogP contribution >= 0.6 is 0 Å². The number of ether oxygens (including phenoxy) is 1. The van der Waals surface area contributed by atoms with E-state index >= 15 is 0 Å². The van der Waals surface area contributed by atoms with Crippen LogP contribution < -0.4 is 0 Å². The third kappa shape index (κ3) is 2.77. The zero-order valence-corrected chi connectivity index (χ0v) is 13.7. The van der Waals surface area contributed by atoms with E-state index in [9.17, 15) is 13.2 Å². The molecule has 2 saturated heterocycles. The molecule has 0 radical (unpaired) electrons. The van der Waals surface area contributed by atoms with Gasteiger partial charge in [-0.2, -0.15) is 4.31 Å². The van der Waals surface area contributed by atoms with E-state index in [0.717, 1.165) is 12.0 Å². The van der Waals surface area contributed by atoms with Crippen LogP contribution in [-0.2, 0) is 19.6 Å². The first-order valence-electron chi connectivity index (χ1n) is 7.64. The summed E-state index contributed by atoms with van der Waals surface area (Å²) >= 11 is 0. The van der Waals surface area contributed by atoms with Crippen molar-refractivity contribution in [3.05, 3.63) is 29.8 Å². The Bertz CT molecular complexity index is 668. The van der Waals surface area contributed by atoms with Crippen LogP contribution in [0.1, 0.15) is 25.3 Å². The predicted octanol–water partition coefficient (Wildman–Crippen LogP) is 1.96. The van der Waals surface area contributed by atoms with Gasteiger partial charge in [0, 0.05) is 25.4 Å². The molecule has 1 aromatic carbocycles. The summed E-state index contributed by atoms with van der Waals surface area (Å²) in [6.07, 6.45) is 0.907. The van der Waals surface area contributed by atoms with Crippen LogP contribution in [-0.4, -0.2) is 37.9 Å². The molecule has 22 heavy (non-hydrogen) atoms. The van der Waals surface area contributed by atoms with Crippen molar-refractivity contribution in [3.8, 4) is 0 Å². The summed E-state index contributed by atoms with van der Waals surface area (Å²) in [5, 5.41) is 0. The molecule has 2 aliphatic heterocycles. The molecule has 0 aromatic heterocycles. The first kappa shape index (κ1) is 15.5. The van der Waals surface area contributed by atoms with Gasteiger partial charge in [-0.3, -0.25) is 4.79 Å². The Labute approximate surface area is 131 Å². The summed E-state index contributed by atoms with van der Waals surface area (Å²) in [5.41, 5.74) is 1.03. The van der Waals surface area contributed by atoms with Crippen molar-refractivity contribution < 1.29 is 17.9 Å². The lowest BCUT2D eigenvalue weighted by molar-refractivity contribution is -0.163. The number of fused-ring (bicyclic) bond motifs is 1. The van der Waals surface area contributed by atoms with Crippen molar-refractivity contribution >= 4 is 16.0 Å². The Balaban J connectivity index is 1.81. The third-order valence-electron chi connectivity index (χ3n) is 4.78. The fourth-order valence-corrected chi connectivity index (χ4v) is 4.91. The van der Waals surface area contributed by atoms with E-state index in [1.54, 1.807) is 12.1 Å². The molecule has 120 valence electrons. The molecule has 0 N–H and O–H groups in total. The molecular weight excluding hydrogens is 302 g/mol. The van der Waals surface area contributed by atoms with Crippen molar-refractivity contribution in [2.75, 3.05) is 13.1 Å². The molecule has 5 nitrogen and oxygen atoms in total. The monoisotopic (exact) mass is 323 g/mol. The van der Waals surface area contributed by atoms with Crippen LogP contribution in [0.2, 0.25) is 0 Å². The molecule has 2 heterocycles. The van der Waals surface area contributed by atoms with E-state index < -0.39 is 10.0 Å².